The molecular formula is C12H14BrNOS2. The van der Waals surface area contributed by atoms with Crippen molar-refractivity contribution in [1.29, 1.82) is 0 Å². The van der Waals surface area contributed by atoms with E-state index >= 15 is 0 Å². The molecule has 2 aromatic rings. The summed E-state index contributed by atoms with van der Waals surface area (Å²) in [7, 11) is 0. The summed E-state index contributed by atoms with van der Waals surface area (Å²) in [6, 6.07) is 6.37. The summed E-state index contributed by atoms with van der Waals surface area (Å²) in [5, 5.41) is 17.3. The smallest absolute Gasteiger partial charge is 0.0922 e. The van der Waals surface area contributed by atoms with Gasteiger partial charge in [0.2, 0.25) is 0 Å². The lowest BCUT2D eigenvalue weighted by molar-refractivity contribution is 0.171. The van der Waals surface area contributed by atoms with Crippen LogP contribution in [0.3, 0.4) is 0 Å². The summed E-state index contributed by atoms with van der Waals surface area (Å²) in [4.78, 5) is 1.27. The largest absolute Gasteiger partial charge is 0.387 e. The molecule has 0 bridgehead atoms. The third-order valence-electron chi connectivity index (χ3n) is 2.57. The third kappa shape index (κ3) is 3.63. The molecule has 0 spiro atoms. The van der Waals surface area contributed by atoms with Gasteiger partial charge in [-0.1, -0.05) is 0 Å². The van der Waals surface area contributed by atoms with Crippen LogP contribution in [0.15, 0.2) is 32.7 Å². The molecule has 2 rings (SSSR count). The molecule has 2 aromatic heterocycles. The summed E-state index contributed by atoms with van der Waals surface area (Å²) in [5.41, 5.74) is 0.988. The first-order chi connectivity index (χ1) is 8.16. The van der Waals surface area contributed by atoms with Gasteiger partial charge in [-0.25, -0.2) is 0 Å². The number of thiophene rings is 2. The SMILES string of the molecule is C[C@H](NC[C@H](O)c1ccsc1)c1ccc(Br)s1. The van der Waals surface area contributed by atoms with Crippen molar-refractivity contribution >= 4 is 38.6 Å². The van der Waals surface area contributed by atoms with Gasteiger partial charge in [-0.05, 0) is 57.4 Å². The average molecular weight is 332 g/mol. The van der Waals surface area contributed by atoms with Crippen LogP contribution in [-0.2, 0) is 0 Å². The molecule has 2 N–H and O–H groups in total. The third-order valence-corrected chi connectivity index (χ3v) is 5.07. The van der Waals surface area contributed by atoms with Crippen LogP contribution in [0, 0.1) is 0 Å². The highest BCUT2D eigenvalue weighted by molar-refractivity contribution is 9.11. The van der Waals surface area contributed by atoms with E-state index in [4.69, 9.17) is 0 Å². The highest BCUT2D eigenvalue weighted by Crippen LogP contribution is 2.27. The Hall–Kier alpha value is -0.200. The number of hydrogen-bond donors (Lipinski definition) is 2. The van der Waals surface area contributed by atoms with Gasteiger partial charge in [0.1, 0.15) is 0 Å². The van der Waals surface area contributed by atoms with E-state index < -0.39 is 6.10 Å². The van der Waals surface area contributed by atoms with Gasteiger partial charge in [-0.15, -0.1) is 11.3 Å². The summed E-state index contributed by atoms with van der Waals surface area (Å²) in [5.74, 6) is 0. The van der Waals surface area contributed by atoms with Crippen molar-refractivity contribution in [1.82, 2.24) is 5.32 Å². The van der Waals surface area contributed by atoms with Crippen LogP contribution < -0.4 is 5.32 Å². The predicted molar refractivity (Wildman–Crippen MR) is 77.7 cm³/mol. The Morgan fingerprint density at radius 1 is 1.41 bits per heavy atom. The Morgan fingerprint density at radius 3 is 2.82 bits per heavy atom. The molecule has 17 heavy (non-hydrogen) atoms. The van der Waals surface area contributed by atoms with Gasteiger partial charge in [-0.3, -0.25) is 0 Å². The first-order valence-corrected chi connectivity index (χ1v) is 7.91. The molecule has 0 aliphatic heterocycles. The Morgan fingerprint density at radius 2 is 2.24 bits per heavy atom. The fourth-order valence-corrected chi connectivity index (χ4v) is 3.69. The number of rotatable bonds is 5. The van der Waals surface area contributed by atoms with Crippen LogP contribution in [0.1, 0.15) is 29.5 Å². The highest BCUT2D eigenvalue weighted by atomic mass is 79.9. The lowest BCUT2D eigenvalue weighted by Gasteiger charge is -2.15. The molecule has 0 fully saturated rings. The Labute approximate surface area is 117 Å². The highest BCUT2D eigenvalue weighted by Gasteiger charge is 2.12. The van der Waals surface area contributed by atoms with Crippen LogP contribution in [-0.4, -0.2) is 11.7 Å². The normalized spacial score (nSPS) is 14.8. The Balaban J connectivity index is 1.86. The fraction of sp³-hybridized carbons (Fsp3) is 0.333. The van der Waals surface area contributed by atoms with Crippen molar-refractivity contribution in [2.75, 3.05) is 6.54 Å². The molecule has 92 valence electrons. The van der Waals surface area contributed by atoms with Crippen LogP contribution in [0.5, 0.6) is 0 Å². The second kappa shape index (κ2) is 6.11. The number of nitrogens with one attached hydrogen (secondary N) is 1. The summed E-state index contributed by atoms with van der Waals surface area (Å²) in [6.45, 7) is 2.69. The maximum atomic E-state index is 9.95. The molecule has 2 heterocycles. The summed E-state index contributed by atoms with van der Waals surface area (Å²) >= 11 is 6.78. The molecular weight excluding hydrogens is 318 g/mol. The maximum Gasteiger partial charge on any atom is 0.0922 e. The van der Waals surface area contributed by atoms with Crippen molar-refractivity contribution in [3.05, 3.63) is 43.2 Å². The van der Waals surface area contributed by atoms with Gasteiger partial charge in [0, 0.05) is 17.5 Å². The summed E-state index contributed by atoms with van der Waals surface area (Å²) < 4.78 is 1.14. The maximum absolute atomic E-state index is 9.95. The number of aliphatic hydroxyl groups is 1. The molecule has 2 nitrogen and oxygen atoms in total. The van der Waals surface area contributed by atoms with E-state index in [1.165, 1.54) is 4.88 Å². The van der Waals surface area contributed by atoms with Gasteiger partial charge in [0.25, 0.3) is 0 Å². The minimum Gasteiger partial charge on any atom is -0.387 e. The van der Waals surface area contributed by atoms with E-state index in [1.54, 1.807) is 22.7 Å². The van der Waals surface area contributed by atoms with Crippen molar-refractivity contribution in [3.63, 3.8) is 0 Å². The molecule has 0 amide bonds. The first kappa shape index (κ1) is 13.2. The molecule has 0 aromatic carbocycles. The molecule has 0 unspecified atom stereocenters. The van der Waals surface area contributed by atoms with Crippen LogP contribution in [0.4, 0.5) is 0 Å². The second-order valence-electron chi connectivity index (χ2n) is 3.84. The van der Waals surface area contributed by atoms with Crippen molar-refractivity contribution in [2.24, 2.45) is 0 Å². The van der Waals surface area contributed by atoms with E-state index in [9.17, 15) is 5.11 Å². The van der Waals surface area contributed by atoms with Crippen molar-refractivity contribution in [3.8, 4) is 0 Å². The van der Waals surface area contributed by atoms with Gasteiger partial charge >= 0.3 is 0 Å². The zero-order valence-electron chi connectivity index (χ0n) is 9.39. The van der Waals surface area contributed by atoms with Crippen LogP contribution in [0.2, 0.25) is 0 Å². The number of aliphatic hydroxyl groups excluding tert-OH is 1. The lowest BCUT2D eigenvalue weighted by atomic mass is 10.2. The molecule has 0 aliphatic rings. The minimum atomic E-state index is -0.424. The predicted octanol–water partition coefficient (Wildman–Crippen LogP) is 3.96. The standard InChI is InChI=1S/C12H14BrNOS2/c1-8(11-2-3-12(13)17-11)14-6-10(15)9-4-5-16-7-9/h2-5,7-8,10,14-15H,6H2,1H3/t8-,10-/m0/s1. The second-order valence-corrected chi connectivity index (χ2v) is 7.12. The quantitative estimate of drug-likeness (QED) is 0.869. The van der Waals surface area contributed by atoms with Gasteiger partial charge in [0.05, 0.1) is 9.89 Å². The fourth-order valence-electron chi connectivity index (χ4n) is 1.53. The molecule has 0 radical (unpaired) electrons. The van der Waals surface area contributed by atoms with Gasteiger partial charge in [0.15, 0.2) is 0 Å². The average Bonchev–Trinajstić information content (AvgIpc) is 2.95. The van der Waals surface area contributed by atoms with Gasteiger partial charge in [-0.2, -0.15) is 11.3 Å². The van der Waals surface area contributed by atoms with E-state index in [-0.39, 0.29) is 6.04 Å². The Bertz CT molecular complexity index is 455. The van der Waals surface area contributed by atoms with E-state index in [1.807, 2.05) is 22.9 Å². The van der Waals surface area contributed by atoms with Crippen LogP contribution in [0.25, 0.3) is 0 Å². The van der Waals surface area contributed by atoms with E-state index in [0.29, 0.717) is 6.54 Å². The minimum absolute atomic E-state index is 0.264. The van der Waals surface area contributed by atoms with Crippen LogP contribution >= 0.6 is 38.6 Å². The molecule has 0 saturated carbocycles. The topological polar surface area (TPSA) is 32.3 Å². The van der Waals surface area contributed by atoms with Gasteiger partial charge < -0.3 is 10.4 Å². The number of hydrogen-bond acceptors (Lipinski definition) is 4. The van der Waals surface area contributed by atoms with Crippen molar-refractivity contribution < 1.29 is 5.11 Å². The van der Waals surface area contributed by atoms with E-state index in [0.717, 1.165) is 9.35 Å². The zero-order valence-corrected chi connectivity index (χ0v) is 12.6. The lowest BCUT2D eigenvalue weighted by Crippen LogP contribution is -2.23. The first-order valence-electron chi connectivity index (χ1n) is 5.35. The molecule has 2 atom stereocenters. The zero-order chi connectivity index (χ0) is 12.3. The van der Waals surface area contributed by atoms with Crippen molar-refractivity contribution in [2.45, 2.75) is 19.1 Å². The Kier molecular flexibility index (Phi) is 4.76. The van der Waals surface area contributed by atoms with E-state index in [2.05, 4.69) is 34.2 Å². The molecule has 0 saturated heterocycles. The molecule has 0 aliphatic carbocycles. The monoisotopic (exact) mass is 331 g/mol. The number of halogens is 1. The molecule has 5 heteroatoms. The summed E-state index contributed by atoms with van der Waals surface area (Å²) in [6.07, 6.45) is -0.424.